The largest absolute Gasteiger partial charge is 0.314 e. The van der Waals surface area contributed by atoms with Crippen LogP contribution in [0.25, 0.3) is 0 Å². The van der Waals surface area contributed by atoms with Gasteiger partial charge in [0.05, 0.1) is 0 Å². The van der Waals surface area contributed by atoms with Crippen LogP contribution < -0.4 is 5.32 Å². The lowest BCUT2D eigenvalue weighted by atomic mass is 9.94. The second-order valence-corrected chi connectivity index (χ2v) is 4.69. The van der Waals surface area contributed by atoms with Crippen LogP contribution in [0.15, 0.2) is 24.3 Å². The van der Waals surface area contributed by atoms with Crippen molar-refractivity contribution >= 4 is 11.6 Å². The molecule has 1 fully saturated rings. The molecule has 0 aliphatic heterocycles. The summed E-state index contributed by atoms with van der Waals surface area (Å²) < 4.78 is 0. The van der Waals surface area contributed by atoms with E-state index < -0.39 is 0 Å². The number of rotatable bonds is 3. The summed E-state index contributed by atoms with van der Waals surface area (Å²) in [6.07, 6.45) is 3.95. The standard InChI is InChI=1S/C13H18ClN/c1-2-15-13-5-3-4-12(13)10-6-8-11(14)9-7-10/h6-9,12-13,15H,2-5H2,1H3. The van der Waals surface area contributed by atoms with Crippen LogP contribution in [-0.4, -0.2) is 12.6 Å². The second-order valence-electron chi connectivity index (χ2n) is 4.25. The maximum Gasteiger partial charge on any atom is 0.0406 e. The van der Waals surface area contributed by atoms with Gasteiger partial charge in [-0.15, -0.1) is 0 Å². The normalized spacial score (nSPS) is 25.7. The van der Waals surface area contributed by atoms with Crippen molar-refractivity contribution in [1.82, 2.24) is 5.32 Å². The molecule has 15 heavy (non-hydrogen) atoms. The first-order valence-corrected chi connectivity index (χ1v) is 6.18. The molecule has 2 unspecified atom stereocenters. The van der Waals surface area contributed by atoms with E-state index in [4.69, 9.17) is 11.6 Å². The number of hydrogen-bond donors (Lipinski definition) is 1. The van der Waals surface area contributed by atoms with E-state index in [-0.39, 0.29) is 0 Å². The lowest BCUT2D eigenvalue weighted by Gasteiger charge is -2.20. The van der Waals surface area contributed by atoms with E-state index in [1.54, 1.807) is 0 Å². The van der Waals surface area contributed by atoms with Gasteiger partial charge in [0.1, 0.15) is 0 Å². The van der Waals surface area contributed by atoms with Crippen molar-refractivity contribution in [3.8, 4) is 0 Å². The minimum Gasteiger partial charge on any atom is -0.314 e. The van der Waals surface area contributed by atoms with Crippen molar-refractivity contribution in [2.75, 3.05) is 6.54 Å². The van der Waals surface area contributed by atoms with Crippen molar-refractivity contribution in [2.45, 2.75) is 38.1 Å². The molecule has 1 aliphatic rings. The van der Waals surface area contributed by atoms with Crippen LogP contribution in [-0.2, 0) is 0 Å². The zero-order chi connectivity index (χ0) is 10.7. The summed E-state index contributed by atoms with van der Waals surface area (Å²) in [4.78, 5) is 0. The Kier molecular flexibility index (Phi) is 3.66. The highest BCUT2D eigenvalue weighted by Crippen LogP contribution is 2.34. The number of hydrogen-bond acceptors (Lipinski definition) is 1. The molecular weight excluding hydrogens is 206 g/mol. The molecule has 2 heteroatoms. The van der Waals surface area contributed by atoms with Gasteiger partial charge in [-0.3, -0.25) is 0 Å². The monoisotopic (exact) mass is 223 g/mol. The van der Waals surface area contributed by atoms with Crippen LogP contribution in [0.5, 0.6) is 0 Å². The van der Waals surface area contributed by atoms with Crippen molar-refractivity contribution in [3.05, 3.63) is 34.9 Å². The van der Waals surface area contributed by atoms with Gasteiger partial charge in [0.25, 0.3) is 0 Å². The van der Waals surface area contributed by atoms with E-state index in [0.717, 1.165) is 11.6 Å². The maximum atomic E-state index is 5.90. The average Bonchev–Trinajstić information content (AvgIpc) is 2.68. The maximum absolute atomic E-state index is 5.90. The molecule has 0 amide bonds. The van der Waals surface area contributed by atoms with Gasteiger partial charge in [0.2, 0.25) is 0 Å². The smallest absolute Gasteiger partial charge is 0.0406 e. The molecule has 0 bridgehead atoms. The minimum absolute atomic E-state index is 0.663. The molecular formula is C13H18ClN. The summed E-state index contributed by atoms with van der Waals surface area (Å²) in [7, 11) is 0. The average molecular weight is 224 g/mol. The Morgan fingerprint density at radius 2 is 2.00 bits per heavy atom. The Labute approximate surface area is 96.8 Å². The van der Waals surface area contributed by atoms with Crippen LogP contribution in [0, 0.1) is 0 Å². The van der Waals surface area contributed by atoms with Gasteiger partial charge in [0, 0.05) is 11.1 Å². The Bertz CT molecular complexity index is 307. The van der Waals surface area contributed by atoms with Crippen molar-refractivity contribution in [3.63, 3.8) is 0 Å². The molecule has 0 aromatic heterocycles. The molecule has 1 aromatic rings. The molecule has 1 aromatic carbocycles. The number of likely N-dealkylation sites (N-methyl/N-ethyl adjacent to an activating group) is 1. The summed E-state index contributed by atoms with van der Waals surface area (Å²) >= 11 is 5.90. The van der Waals surface area contributed by atoms with Gasteiger partial charge >= 0.3 is 0 Å². The second kappa shape index (κ2) is 5.00. The topological polar surface area (TPSA) is 12.0 Å². The van der Waals surface area contributed by atoms with Crippen molar-refractivity contribution in [1.29, 1.82) is 0 Å². The number of benzene rings is 1. The van der Waals surface area contributed by atoms with E-state index in [1.165, 1.54) is 24.8 Å². The SMILES string of the molecule is CCNC1CCCC1c1ccc(Cl)cc1. The first-order valence-electron chi connectivity index (χ1n) is 5.80. The Morgan fingerprint density at radius 3 is 2.67 bits per heavy atom. The van der Waals surface area contributed by atoms with E-state index in [9.17, 15) is 0 Å². The van der Waals surface area contributed by atoms with Gasteiger partial charge in [-0.1, -0.05) is 37.1 Å². The van der Waals surface area contributed by atoms with E-state index in [1.807, 2.05) is 12.1 Å². The van der Waals surface area contributed by atoms with E-state index in [0.29, 0.717) is 12.0 Å². The molecule has 82 valence electrons. The zero-order valence-electron chi connectivity index (χ0n) is 9.17. The molecule has 1 nitrogen and oxygen atoms in total. The summed E-state index contributed by atoms with van der Waals surface area (Å²) in [5.41, 5.74) is 1.43. The lowest BCUT2D eigenvalue weighted by Crippen LogP contribution is -2.30. The molecule has 2 rings (SSSR count). The van der Waals surface area contributed by atoms with Crippen molar-refractivity contribution in [2.24, 2.45) is 0 Å². The quantitative estimate of drug-likeness (QED) is 0.826. The molecule has 0 radical (unpaired) electrons. The summed E-state index contributed by atoms with van der Waals surface area (Å²) in [5, 5.41) is 4.40. The molecule has 0 saturated heterocycles. The highest BCUT2D eigenvalue weighted by Gasteiger charge is 2.27. The summed E-state index contributed by atoms with van der Waals surface area (Å²) in [6, 6.07) is 9.00. The van der Waals surface area contributed by atoms with Crippen LogP contribution in [0.4, 0.5) is 0 Å². The molecule has 1 saturated carbocycles. The molecule has 1 aliphatic carbocycles. The Hall–Kier alpha value is -0.530. The zero-order valence-corrected chi connectivity index (χ0v) is 9.93. The molecule has 0 spiro atoms. The fraction of sp³-hybridized carbons (Fsp3) is 0.538. The minimum atomic E-state index is 0.663. The highest BCUT2D eigenvalue weighted by atomic mass is 35.5. The van der Waals surface area contributed by atoms with Gasteiger partial charge < -0.3 is 5.32 Å². The van der Waals surface area contributed by atoms with Gasteiger partial charge in [-0.05, 0) is 43.0 Å². The summed E-state index contributed by atoms with van der Waals surface area (Å²) in [6.45, 7) is 3.24. The molecule has 0 heterocycles. The first kappa shape index (κ1) is 11.0. The summed E-state index contributed by atoms with van der Waals surface area (Å²) in [5.74, 6) is 0.683. The third kappa shape index (κ3) is 2.53. The first-order chi connectivity index (χ1) is 7.31. The number of halogens is 1. The third-order valence-corrected chi connectivity index (χ3v) is 3.53. The Balaban J connectivity index is 2.11. The number of nitrogens with one attached hydrogen (secondary N) is 1. The van der Waals surface area contributed by atoms with Crippen LogP contribution in [0.3, 0.4) is 0 Å². The molecule has 2 atom stereocenters. The van der Waals surface area contributed by atoms with Gasteiger partial charge in [-0.25, -0.2) is 0 Å². The predicted molar refractivity (Wildman–Crippen MR) is 65.5 cm³/mol. The fourth-order valence-corrected chi connectivity index (χ4v) is 2.70. The third-order valence-electron chi connectivity index (χ3n) is 3.28. The Morgan fingerprint density at radius 1 is 1.27 bits per heavy atom. The van der Waals surface area contributed by atoms with Crippen LogP contribution >= 0.6 is 11.6 Å². The fourth-order valence-electron chi connectivity index (χ4n) is 2.58. The van der Waals surface area contributed by atoms with E-state index in [2.05, 4.69) is 24.4 Å². The van der Waals surface area contributed by atoms with Gasteiger partial charge in [0.15, 0.2) is 0 Å². The molecule has 1 N–H and O–H groups in total. The van der Waals surface area contributed by atoms with Crippen molar-refractivity contribution < 1.29 is 0 Å². The van der Waals surface area contributed by atoms with Gasteiger partial charge in [-0.2, -0.15) is 0 Å². The van der Waals surface area contributed by atoms with E-state index >= 15 is 0 Å². The van der Waals surface area contributed by atoms with Crippen LogP contribution in [0.1, 0.15) is 37.7 Å². The lowest BCUT2D eigenvalue weighted by molar-refractivity contribution is 0.492. The highest BCUT2D eigenvalue weighted by molar-refractivity contribution is 6.30. The van der Waals surface area contributed by atoms with Crippen LogP contribution in [0.2, 0.25) is 5.02 Å². The predicted octanol–water partition coefficient (Wildman–Crippen LogP) is 3.59.